The first-order valence-electron chi connectivity index (χ1n) is 5.58. The average molecular weight is 258 g/mol. The fourth-order valence-corrected chi connectivity index (χ4v) is 1.83. The first kappa shape index (κ1) is 13.0. The monoisotopic (exact) mass is 258 g/mol. The molecular formula is C15H11FO3. The molecule has 0 atom stereocenters. The van der Waals surface area contributed by atoms with Gasteiger partial charge in [0, 0.05) is 11.1 Å². The van der Waals surface area contributed by atoms with Crippen LogP contribution >= 0.6 is 0 Å². The average Bonchev–Trinajstić information content (AvgIpc) is 2.47. The molecule has 19 heavy (non-hydrogen) atoms. The lowest BCUT2D eigenvalue weighted by molar-refractivity contribution is 0.111. The fourth-order valence-electron chi connectivity index (χ4n) is 1.83. The third-order valence-corrected chi connectivity index (χ3v) is 2.79. The van der Waals surface area contributed by atoms with Crippen molar-refractivity contribution in [2.24, 2.45) is 0 Å². The Balaban J connectivity index is 2.58. The molecule has 0 unspecified atom stereocenters. The molecule has 0 radical (unpaired) electrons. The molecule has 0 fully saturated rings. The van der Waals surface area contributed by atoms with E-state index in [2.05, 4.69) is 0 Å². The van der Waals surface area contributed by atoms with Gasteiger partial charge in [-0.15, -0.1) is 0 Å². The molecule has 2 aromatic rings. The van der Waals surface area contributed by atoms with E-state index in [0.717, 1.165) is 0 Å². The summed E-state index contributed by atoms with van der Waals surface area (Å²) < 4.78 is 18.8. The topological polar surface area (TPSA) is 43.4 Å². The van der Waals surface area contributed by atoms with Gasteiger partial charge in [-0.1, -0.05) is 6.07 Å². The molecule has 0 heterocycles. The van der Waals surface area contributed by atoms with E-state index in [1.807, 2.05) is 0 Å². The lowest BCUT2D eigenvalue weighted by Gasteiger charge is -2.08. The highest BCUT2D eigenvalue weighted by molar-refractivity contribution is 5.84. The van der Waals surface area contributed by atoms with E-state index in [0.29, 0.717) is 35.0 Å². The molecule has 0 N–H and O–H groups in total. The molecular weight excluding hydrogens is 247 g/mol. The normalized spacial score (nSPS) is 10.0. The van der Waals surface area contributed by atoms with Crippen LogP contribution in [0.3, 0.4) is 0 Å². The van der Waals surface area contributed by atoms with Crippen LogP contribution in [0, 0.1) is 5.82 Å². The SMILES string of the molecule is COc1ccc(-c2cc(C=O)ccc2F)cc1C=O. The Morgan fingerprint density at radius 2 is 1.84 bits per heavy atom. The Bertz CT molecular complexity index is 635. The van der Waals surface area contributed by atoms with Crippen molar-refractivity contribution in [3.8, 4) is 16.9 Å². The highest BCUT2D eigenvalue weighted by atomic mass is 19.1. The van der Waals surface area contributed by atoms with Gasteiger partial charge in [0.1, 0.15) is 17.9 Å². The lowest BCUT2D eigenvalue weighted by atomic mass is 10.0. The van der Waals surface area contributed by atoms with Crippen molar-refractivity contribution in [2.45, 2.75) is 0 Å². The van der Waals surface area contributed by atoms with Gasteiger partial charge >= 0.3 is 0 Å². The second kappa shape index (κ2) is 5.44. The molecule has 0 spiro atoms. The predicted octanol–water partition coefficient (Wildman–Crippen LogP) is 3.13. The summed E-state index contributed by atoms with van der Waals surface area (Å²) in [5.74, 6) is -0.0293. The van der Waals surface area contributed by atoms with E-state index < -0.39 is 5.82 Å². The van der Waals surface area contributed by atoms with Crippen molar-refractivity contribution in [2.75, 3.05) is 7.11 Å². The highest BCUT2D eigenvalue weighted by Crippen LogP contribution is 2.28. The Hall–Kier alpha value is -2.49. The van der Waals surface area contributed by atoms with Crippen molar-refractivity contribution < 1.29 is 18.7 Å². The van der Waals surface area contributed by atoms with Gasteiger partial charge in [0.05, 0.1) is 12.7 Å². The van der Waals surface area contributed by atoms with Crippen molar-refractivity contribution in [1.29, 1.82) is 0 Å². The summed E-state index contributed by atoms with van der Waals surface area (Å²) in [6.45, 7) is 0. The molecule has 3 nitrogen and oxygen atoms in total. The molecule has 2 rings (SSSR count). The van der Waals surface area contributed by atoms with Gasteiger partial charge < -0.3 is 4.74 Å². The molecule has 0 saturated carbocycles. The molecule has 0 saturated heterocycles. The van der Waals surface area contributed by atoms with Crippen molar-refractivity contribution in [3.63, 3.8) is 0 Å². The maximum atomic E-state index is 13.8. The minimum absolute atomic E-state index is 0.273. The zero-order valence-electron chi connectivity index (χ0n) is 10.2. The van der Waals surface area contributed by atoms with E-state index in [4.69, 9.17) is 4.74 Å². The maximum Gasteiger partial charge on any atom is 0.153 e. The number of rotatable bonds is 4. The third kappa shape index (κ3) is 2.52. The van der Waals surface area contributed by atoms with Gasteiger partial charge in [-0.25, -0.2) is 4.39 Å². The van der Waals surface area contributed by atoms with Crippen LogP contribution in [0.15, 0.2) is 36.4 Å². The summed E-state index contributed by atoms with van der Waals surface area (Å²) in [7, 11) is 1.45. The summed E-state index contributed by atoms with van der Waals surface area (Å²) in [6, 6.07) is 8.82. The number of halogens is 1. The van der Waals surface area contributed by atoms with Crippen LogP contribution < -0.4 is 4.74 Å². The fraction of sp³-hybridized carbons (Fsp3) is 0.0667. The molecule has 4 heteroatoms. The first-order valence-corrected chi connectivity index (χ1v) is 5.58. The number of benzene rings is 2. The Morgan fingerprint density at radius 1 is 1.05 bits per heavy atom. The third-order valence-electron chi connectivity index (χ3n) is 2.79. The van der Waals surface area contributed by atoms with E-state index in [9.17, 15) is 14.0 Å². The maximum absolute atomic E-state index is 13.8. The molecule has 0 aliphatic carbocycles. The Labute approximate surface area is 109 Å². The molecule has 96 valence electrons. The van der Waals surface area contributed by atoms with Crippen LogP contribution in [-0.2, 0) is 0 Å². The van der Waals surface area contributed by atoms with Crippen molar-refractivity contribution in [1.82, 2.24) is 0 Å². The molecule has 0 aromatic heterocycles. The number of hydrogen-bond acceptors (Lipinski definition) is 3. The summed E-state index contributed by atoms with van der Waals surface area (Å²) in [4.78, 5) is 21.7. The predicted molar refractivity (Wildman–Crippen MR) is 69.2 cm³/mol. The van der Waals surface area contributed by atoms with Gasteiger partial charge in [0.25, 0.3) is 0 Å². The van der Waals surface area contributed by atoms with Crippen molar-refractivity contribution in [3.05, 3.63) is 53.3 Å². The van der Waals surface area contributed by atoms with Crippen molar-refractivity contribution >= 4 is 12.6 Å². The molecule has 2 aromatic carbocycles. The Morgan fingerprint density at radius 3 is 2.47 bits per heavy atom. The van der Waals surface area contributed by atoms with Crippen LogP contribution in [0.25, 0.3) is 11.1 Å². The second-order valence-electron chi connectivity index (χ2n) is 3.93. The number of aldehydes is 2. The minimum atomic E-state index is -0.451. The zero-order chi connectivity index (χ0) is 13.8. The quantitative estimate of drug-likeness (QED) is 0.791. The molecule has 0 bridgehead atoms. The summed E-state index contributed by atoms with van der Waals surface area (Å²) in [6.07, 6.45) is 1.29. The first-order chi connectivity index (χ1) is 9.19. The number of carbonyl (C=O) groups excluding carboxylic acids is 2. The van der Waals surface area contributed by atoms with Crippen LogP contribution in [0.5, 0.6) is 5.75 Å². The van der Waals surface area contributed by atoms with Gasteiger partial charge in [-0.3, -0.25) is 9.59 Å². The van der Waals surface area contributed by atoms with Gasteiger partial charge in [-0.2, -0.15) is 0 Å². The van der Waals surface area contributed by atoms with E-state index in [1.165, 1.54) is 31.4 Å². The number of hydrogen-bond donors (Lipinski definition) is 0. The summed E-state index contributed by atoms with van der Waals surface area (Å²) in [5, 5.41) is 0. The minimum Gasteiger partial charge on any atom is -0.496 e. The number of ether oxygens (including phenoxy) is 1. The molecule has 0 aliphatic heterocycles. The van der Waals surface area contributed by atoms with E-state index in [1.54, 1.807) is 12.1 Å². The number of methoxy groups -OCH3 is 1. The van der Waals surface area contributed by atoms with Crippen LogP contribution in [0.2, 0.25) is 0 Å². The smallest absolute Gasteiger partial charge is 0.153 e. The zero-order valence-corrected chi connectivity index (χ0v) is 10.2. The summed E-state index contributed by atoms with van der Waals surface area (Å²) in [5.41, 5.74) is 1.50. The van der Waals surface area contributed by atoms with E-state index in [-0.39, 0.29) is 5.56 Å². The highest BCUT2D eigenvalue weighted by Gasteiger charge is 2.09. The van der Waals surface area contributed by atoms with Gasteiger partial charge in [-0.05, 0) is 35.9 Å². The standard InChI is InChI=1S/C15H11FO3/c1-19-15-5-3-11(7-12(15)9-18)13-6-10(8-17)2-4-14(13)16/h2-9H,1H3. The molecule has 0 amide bonds. The van der Waals surface area contributed by atoms with Crippen LogP contribution in [-0.4, -0.2) is 19.7 Å². The van der Waals surface area contributed by atoms with Crippen LogP contribution in [0.4, 0.5) is 4.39 Å². The largest absolute Gasteiger partial charge is 0.496 e. The van der Waals surface area contributed by atoms with Gasteiger partial charge in [0.15, 0.2) is 6.29 Å². The van der Waals surface area contributed by atoms with E-state index >= 15 is 0 Å². The number of carbonyl (C=O) groups is 2. The lowest BCUT2D eigenvalue weighted by Crippen LogP contribution is -1.93. The van der Waals surface area contributed by atoms with Crippen LogP contribution in [0.1, 0.15) is 20.7 Å². The Kier molecular flexibility index (Phi) is 3.71. The second-order valence-corrected chi connectivity index (χ2v) is 3.93. The van der Waals surface area contributed by atoms with Gasteiger partial charge in [0.2, 0.25) is 0 Å². The molecule has 0 aliphatic rings. The summed E-state index contributed by atoms with van der Waals surface area (Å²) >= 11 is 0.